The van der Waals surface area contributed by atoms with Gasteiger partial charge < -0.3 is 9.97 Å². The number of nitrogens with zero attached hydrogens (tertiary/aromatic N) is 2. The number of hydrogen-bond donors (Lipinski definition) is 0. The average molecular weight is 631 g/mol. The Hall–Kier alpha value is -3.60. The van der Waals surface area contributed by atoms with Gasteiger partial charge in [0, 0.05) is 38.3 Å². The maximum absolute atomic E-state index is 13.8. The first kappa shape index (κ1) is 25.0. The molecule has 2 nitrogen and oxygen atoms in total. The van der Waals surface area contributed by atoms with E-state index in [0.717, 1.165) is 22.4 Å². The molecule has 0 aliphatic carbocycles. The summed E-state index contributed by atoms with van der Waals surface area (Å²) >= 11 is 0. The van der Waals surface area contributed by atoms with Crippen molar-refractivity contribution in [2.75, 3.05) is 0 Å². The Bertz CT molecular complexity index is 1290. The molecule has 2 heterocycles. The van der Waals surface area contributed by atoms with Crippen LogP contribution in [0.25, 0.3) is 33.6 Å². The second-order valence-electron chi connectivity index (χ2n) is 6.94. The molecule has 0 fully saturated rings. The van der Waals surface area contributed by atoms with Crippen LogP contribution in [0, 0.1) is 29.6 Å². The number of rotatable bonds is 3. The molecule has 6 heteroatoms. The number of halogens is 3. The zero-order valence-corrected chi connectivity index (χ0v) is 20.1. The molecule has 0 saturated heterocycles. The van der Waals surface area contributed by atoms with Crippen molar-refractivity contribution in [1.82, 2.24) is 9.97 Å². The first-order chi connectivity index (χ1) is 16.1. The smallest absolute Gasteiger partial charge is 0.0756 e. The average Bonchev–Trinajstić information content (AvgIpc) is 2.88. The maximum Gasteiger partial charge on any atom is 0.0756 e. The summed E-state index contributed by atoms with van der Waals surface area (Å²) in [6.07, 6.45) is 3.28. The maximum atomic E-state index is 13.8. The van der Waals surface area contributed by atoms with Crippen molar-refractivity contribution in [1.29, 1.82) is 0 Å². The summed E-state index contributed by atoms with van der Waals surface area (Å²) in [4.78, 5) is 8.22. The van der Waals surface area contributed by atoms with Gasteiger partial charge in [0.2, 0.25) is 0 Å². The minimum Gasteiger partial charge on any atom is -0.305 e. The van der Waals surface area contributed by atoms with E-state index >= 15 is 0 Å². The van der Waals surface area contributed by atoms with Crippen LogP contribution in [0.2, 0.25) is 0 Å². The van der Waals surface area contributed by atoms with Crippen molar-refractivity contribution in [3.63, 3.8) is 0 Å². The summed E-state index contributed by atoms with van der Waals surface area (Å²) in [6.45, 7) is 0. The molecule has 0 unspecified atom stereocenters. The van der Waals surface area contributed by atoms with E-state index in [1.807, 2.05) is 72.8 Å². The van der Waals surface area contributed by atoms with E-state index in [4.69, 9.17) is 0 Å². The Morgan fingerprint density at radius 2 is 1.35 bits per heavy atom. The third-order valence-corrected chi connectivity index (χ3v) is 4.71. The van der Waals surface area contributed by atoms with Crippen molar-refractivity contribution >= 4 is 0 Å². The van der Waals surface area contributed by atoms with E-state index in [9.17, 15) is 13.2 Å². The third kappa shape index (κ3) is 6.25. The molecule has 0 aliphatic heterocycles. The standard InChI is InChI=1S/C17H9F3N.C11H8N.Ir/c18-14-10-16(20)15(19)9-13(14)17-8-12(6-7-21-17)11-4-2-1-3-5-11;1-2-6-10(7-3-1)11-8-4-5-9-12-11;/h1-8,10H;1-6,8-9H;/q2*-1;. The van der Waals surface area contributed by atoms with Crippen LogP contribution in [-0.4, -0.2) is 9.97 Å². The van der Waals surface area contributed by atoms with E-state index in [2.05, 4.69) is 22.1 Å². The van der Waals surface area contributed by atoms with E-state index in [1.54, 1.807) is 18.3 Å². The second kappa shape index (κ2) is 12.0. The summed E-state index contributed by atoms with van der Waals surface area (Å²) in [6, 6.07) is 32.2. The van der Waals surface area contributed by atoms with E-state index in [-0.39, 0.29) is 31.4 Å². The summed E-state index contributed by atoms with van der Waals surface area (Å²) < 4.78 is 40.0. The predicted molar refractivity (Wildman–Crippen MR) is 122 cm³/mol. The number of benzene rings is 3. The summed E-state index contributed by atoms with van der Waals surface area (Å²) in [5, 5.41) is 0. The van der Waals surface area contributed by atoms with Crippen molar-refractivity contribution < 1.29 is 33.3 Å². The number of hydrogen-bond acceptors (Lipinski definition) is 2. The van der Waals surface area contributed by atoms with Crippen molar-refractivity contribution in [2.45, 2.75) is 0 Å². The second-order valence-corrected chi connectivity index (χ2v) is 6.94. The largest absolute Gasteiger partial charge is 0.305 e. The topological polar surface area (TPSA) is 25.8 Å². The molecule has 0 aliphatic rings. The van der Waals surface area contributed by atoms with Crippen LogP contribution in [0.4, 0.5) is 13.2 Å². The van der Waals surface area contributed by atoms with Gasteiger partial charge in [0.1, 0.15) is 0 Å². The molecule has 171 valence electrons. The molecule has 0 saturated carbocycles. The van der Waals surface area contributed by atoms with Crippen LogP contribution in [-0.2, 0) is 20.1 Å². The first-order valence-corrected chi connectivity index (χ1v) is 10.1. The van der Waals surface area contributed by atoms with Gasteiger partial charge in [0.15, 0.2) is 0 Å². The zero-order valence-electron chi connectivity index (χ0n) is 17.7. The Labute approximate surface area is 209 Å². The molecular formula is C28H17F3IrN2-2. The minimum atomic E-state index is -1.27. The van der Waals surface area contributed by atoms with Gasteiger partial charge in [-0.25, -0.2) is 4.39 Å². The van der Waals surface area contributed by atoms with Crippen molar-refractivity contribution in [3.05, 3.63) is 133 Å². The number of aromatic nitrogens is 2. The SMILES string of the molecule is Fc1[c-]c(-c2cc(-c3ccccc3)ccn2)c(F)cc1F.[Ir].[c-]1ccccc1-c1ccccn1. The molecular weight excluding hydrogens is 614 g/mol. The van der Waals surface area contributed by atoms with Crippen LogP contribution < -0.4 is 0 Å². The van der Waals surface area contributed by atoms with Crippen molar-refractivity contribution in [2.24, 2.45) is 0 Å². The quantitative estimate of drug-likeness (QED) is 0.156. The molecule has 5 rings (SSSR count). The fourth-order valence-electron chi connectivity index (χ4n) is 3.11. The van der Waals surface area contributed by atoms with E-state index in [0.29, 0.717) is 6.07 Å². The first-order valence-electron chi connectivity index (χ1n) is 10.1. The van der Waals surface area contributed by atoms with Gasteiger partial charge in [-0.2, -0.15) is 0 Å². The number of pyridine rings is 2. The van der Waals surface area contributed by atoms with Crippen LogP contribution in [0.5, 0.6) is 0 Å². The van der Waals surface area contributed by atoms with Crippen LogP contribution in [0.15, 0.2) is 103 Å². The fourth-order valence-corrected chi connectivity index (χ4v) is 3.11. The fraction of sp³-hybridized carbons (Fsp3) is 0. The molecule has 2 aromatic heterocycles. The zero-order chi connectivity index (χ0) is 23.0. The monoisotopic (exact) mass is 631 g/mol. The third-order valence-electron chi connectivity index (χ3n) is 4.71. The minimum absolute atomic E-state index is 0. The molecule has 5 aromatic rings. The van der Waals surface area contributed by atoms with Gasteiger partial charge >= 0.3 is 0 Å². The molecule has 1 radical (unpaired) electrons. The van der Waals surface area contributed by atoms with Gasteiger partial charge in [0.05, 0.1) is 11.6 Å². The van der Waals surface area contributed by atoms with Gasteiger partial charge in [-0.1, -0.05) is 66.2 Å². The molecule has 34 heavy (non-hydrogen) atoms. The van der Waals surface area contributed by atoms with Crippen LogP contribution in [0.3, 0.4) is 0 Å². The van der Waals surface area contributed by atoms with Gasteiger partial charge in [-0.05, 0) is 34.6 Å². The van der Waals surface area contributed by atoms with Gasteiger partial charge in [0.25, 0.3) is 0 Å². The van der Waals surface area contributed by atoms with Crippen LogP contribution >= 0.6 is 0 Å². The van der Waals surface area contributed by atoms with Crippen LogP contribution in [0.1, 0.15) is 0 Å². The molecule has 0 amide bonds. The van der Waals surface area contributed by atoms with Crippen molar-refractivity contribution in [3.8, 4) is 33.6 Å². The van der Waals surface area contributed by atoms with E-state index in [1.165, 1.54) is 6.20 Å². The Morgan fingerprint density at radius 3 is 2.06 bits per heavy atom. The molecule has 0 bridgehead atoms. The normalized spacial score (nSPS) is 9.97. The van der Waals surface area contributed by atoms with Gasteiger partial charge in [-0.3, -0.25) is 8.78 Å². The molecule has 3 aromatic carbocycles. The van der Waals surface area contributed by atoms with Gasteiger partial charge in [-0.15, -0.1) is 35.9 Å². The molecule has 0 spiro atoms. The predicted octanol–water partition coefficient (Wildman–Crippen LogP) is 7.18. The molecule has 0 atom stereocenters. The summed E-state index contributed by atoms with van der Waals surface area (Å²) in [5.41, 5.74) is 3.75. The van der Waals surface area contributed by atoms with E-state index < -0.39 is 17.5 Å². The Kier molecular flexibility index (Phi) is 8.86. The Morgan fingerprint density at radius 1 is 0.618 bits per heavy atom. The summed E-state index contributed by atoms with van der Waals surface area (Å²) in [7, 11) is 0. The Balaban J connectivity index is 0.000000212. The summed E-state index contributed by atoms with van der Waals surface area (Å²) in [5.74, 6) is -3.39. The molecule has 0 N–H and O–H groups in total.